The molecule has 0 saturated carbocycles. The van der Waals surface area contributed by atoms with Gasteiger partial charge in [-0.05, 0) is 41.5 Å². The summed E-state index contributed by atoms with van der Waals surface area (Å²) in [6.45, 7) is 10.6. The second kappa shape index (κ2) is 15.0. The van der Waals surface area contributed by atoms with Crippen molar-refractivity contribution in [2.45, 2.75) is 65.1 Å². The number of alkyl halides is 6. The van der Waals surface area contributed by atoms with Gasteiger partial charge < -0.3 is 19.8 Å². The number of halogens is 6. The molecule has 15 heteroatoms. The van der Waals surface area contributed by atoms with Crippen molar-refractivity contribution in [1.82, 2.24) is 0 Å². The van der Waals surface area contributed by atoms with Gasteiger partial charge in [0, 0.05) is 0 Å². The molecule has 0 aromatic heterocycles. The van der Waals surface area contributed by atoms with E-state index >= 15 is 0 Å². The van der Waals surface area contributed by atoms with Gasteiger partial charge in [-0.15, -0.1) is 0 Å². The molecule has 0 heterocycles. The van der Waals surface area contributed by atoms with E-state index in [0.717, 1.165) is 0 Å². The minimum Gasteiger partial charge on any atom is -0.542 e. The van der Waals surface area contributed by atoms with Crippen LogP contribution in [0.4, 0.5) is 26.3 Å². The van der Waals surface area contributed by atoms with Crippen molar-refractivity contribution in [3.8, 4) is 0 Å². The van der Waals surface area contributed by atoms with E-state index in [9.17, 15) is 26.3 Å². The Bertz CT molecular complexity index is 361. The van der Waals surface area contributed by atoms with Crippen LogP contribution in [0, 0.1) is 0 Å². The summed E-state index contributed by atoms with van der Waals surface area (Å²) in [4.78, 5) is 25.4. The predicted octanol–water partition coefficient (Wildman–Crippen LogP) is 1.14. The number of carbonyl (C=O) groups excluding carboxylic acids is 2. The maximum Gasteiger partial charge on any atom is 2.00 e. The van der Waals surface area contributed by atoms with Gasteiger partial charge in [-0.1, -0.05) is 0 Å². The number of rotatable bonds is 0. The fraction of sp³-hybridized carbons (Fsp3) is 0.833. The molecule has 0 aromatic carbocycles. The van der Waals surface area contributed by atoms with Crippen LogP contribution in [-0.2, 0) is 39.8 Å². The first kappa shape index (κ1) is 36.9. The van der Waals surface area contributed by atoms with Crippen LogP contribution in [0.15, 0.2) is 0 Å². The molecule has 0 atom stereocenters. The number of aliphatic carboxylic acids is 2. The monoisotopic (exact) mass is 512 g/mol. The van der Waals surface area contributed by atoms with Crippen LogP contribution < -0.4 is 10.2 Å². The van der Waals surface area contributed by atoms with Crippen molar-refractivity contribution in [2.24, 2.45) is 0 Å². The minimum atomic E-state index is -5.19. The van der Waals surface area contributed by atoms with Crippen LogP contribution in [0.3, 0.4) is 0 Å². The Hall–Kier alpha value is -0.978. The van der Waals surface area contributed by atoms with Gasteiger partial charge in [-0.25, -0.2) is 9.78 Å². The predicted molar refractivity (Wildman–Crippen MR) is 69.1 cm³/mol. The normalized spacial score (nSPS) is 11.2. The molecule has 27 heavy (non-hydrogen) atoms. The van der Waals surface area contributed by atoms with Gasteiger partial charge >= 0.3 is 32.8 Å². The van der Waals surface area contributed by atoms with Crippen molar-refractivity contribution < 1.29 is 86.9 Å². The third-order valence-electron chi connectivity index (χ3n) is 1.01. The van der Waals surface area contributed by atoms with Crippen molar-refractivity contribution in [3.63, 3.8) is 0 Å². The van der Waals surface area contributed by atoms with Crippen molar-refractivity contribution >= 4 is 11.9 Å². The molecule has 0 aliphatic rings. The molecule has 0 bridgehead atoms. The molecule has 0 aromatic rings. The third kappa shape index (κ3) is 45.8. The van der Waals surface area contributed by atoms with Crippen molar-refractivity contribution in [3.05, 3.63) is 0 Å². The van der Waals surface area contributed by atoms with Gasteiger partial charge in [0.2, 0.25) is 0 Å². The maximum atomic E-state index is 10.5. The second-order valence-electron chi connectivity index (χ2n) is 5.98. The van der Waals surface area contributed by atoms with Gasteiger partial charge in [0.1, 0.15) is 11.9 Å². The number of hydrogen-bond acceptors (Lipinski definition) is 8. The summed E-state index contributed by atoms with van der Waals surface area (Å²) < 4.78 is 63.1. The molecule has 0 saturated heterocycles. The summed E-state index contributed by atoms with van der Waals surface area (Å²) in [7, 11) is 0. The van der Waals surface area contributed by atoms with Gasteiger partial charge in [0.05, 0.1) is 11.2 Å². The smallest absolute Gasteiger partial charge is 0.542 e. The number of carboxylic acids is 2. The second-order valence-corrected chi connectivity index (χ2v) is 5.98. The first-order valence-corrected chi connectivity index (χ1v) is 6.22. The summed E-state index contributed by atoms with van der Waals surface area (Å²) in [6, 6.07) is 0. The van der Waals surface area contributed by atoms with Crippen LogP contribution in [0.2, 0.25) is 0 Å². The summed E-state index contributed by atoms with van der Waals surface area (Å²) in [5.74, 6) is -6.01. The molecule has 0 amide bonds. The zero-order valence-corrected chi connectivity index (χ0v) is 16.5. The quantitative estimate of drug-likeness (QED) is 0.213. The summed E-state index contributed by atoms with van der Waals surface area (Å²) >= 11 is 0. The van der Waals surface area contributed by atoms with E-state index in [1.54, 1.807) is 41.5 Å². The van der Waals surface area contributed by atoms with Gasteiger partial charge in [-0.2, -0.15) is 26.3 Å². The zero-order valence-electron chi connectivity index (χ0n) is 14.9. The number of hydrogen-bond donors (Lipinski definition) is 2. The van der Waals surface area contributed by atoms with Crippen LogP contribution >= 0.6 is 0 Å². The Morgan fingerprint density at radius 3 is 0.741 bits per heavy atom. The van der Waals surface area contributed by atoms with Gasteiger partial charge in [-0.3, -0.25) is 10.5 Å². The Morgan fingerprint density at radius 2 is 0.741 bits per heavy atom. The molecule has 0 fully saturated rings. The van der Waals surface area contributed by atoms with Gasteiger partial charge in [0.15, 0.2) is 0 Å². The Morgan fingerprint density at radius 1 is 0.667 bits per heavy atom. The third-order valence-corrected chi connectivity index (χ3v) is 1.01. The molecule has 2 N–H and O–H groups in total. The molecule has 0 aliphatic heterocycles. The molecule has 0 radical (unpaired) electrons. The minimum absolute atomic E-state index is 0. The fourth-order valence-electron chi connectivity index (χ4n) is 0. The molecule has 0 rings (SSSR count). The Kier molecular flexibility index (Phi) is 20.5. The van der Waals surface area contributed by atoms with E-state index in [2.05, 4.69) is 9.78 Å². The maximum absolute atomic E-state index is 10.5. The van der Waals surface area contributed by atoms with Crippen LogP contribution in [-0.4, -0.2) is 46.0 Å². The zero-order chi connectivity index (χ0) is 22.6. The van der Waals surface area contributed by atoms with E-state index in [4.69, 9.17) is 30.3 Å². The molecular formula is C12H20F6O8Pd. The summed E-state index contributed by atoms with van der Waals surface area (Å²) in [6.07, 6.45) is -10.4. The van der Waals surface area contributed by atoms with Crippen molar-refractivity contribution in [2.75, 3.05) is 0 Å². The summed E-state index contributed by atoms with van der Waals surface area (Å²) in [5, 5.41) is 33.4. The van der Waals surface area contributed by atoms with E-state index < -0.39 is 35.5 Å². The first-order valence-electron chi connectivity index (χ1n) is 6.22. The SMILES string of the molecule is CC(C)(C)OO.CC(C)(C)OO.O=C([O-])C(F)(F)F.O=C([O-])C(F)(F)F.[Pd+2]. The van der Waals surface area contributed by atoms with E-state index in [1.807, 2.05) is 0 Å². The molecule has 8 nitrogen and oxygen atoms in total. The molecule has 168 valence electrons. The van der Waals surface area contributed by atoms with Crippen LogP contribution in [0.1, 0.15) is 41.5 Å². The average molecular weight is 513 g/mol. The first-order chi connectivity index (χ1) is 11.0. The van der Waals surface area contributed by atoms with Gasteiger partial charge in [0.25, 0.3) is 0 Å². The van der Waals surface area contributed by atoms with E-state index in [-0.39, 0.29) is 20.4 Å². The molecule has 0 aliphatic carbocycles. The summed E-state index contributed by atoms with van der Waals surface area (Å²) in [5.41, 5.74) is -0.806. The number of carbonyl (C=O) groups is 2. The largest absolute Gasteiger partial charge is 2.00 e. The number of carboxylic acid groups (broad SMARTS) is 2. The average Bonchev–Trinajstić information content (AvgIpc) is 2.37. The Labute approximate surface area is 164 Å². The van der Waals surface area contributed by atoms with Crippen molar-refractivity contribution in [1.29, 1.82) is 0 Å². The van der Waals surface area contributed by atoms with E-state index in [1.165, 1.54) is 0 Å². The Balaban J connectivity index is -0.0000000789. The molecular weight excluding hydrogens is 493 g/mol. The standard InChI is InChI=1S/2C4H10O2.2C2HF3O2.Pd/c2*1-4(2,3)6-5;2*3-2(4,5)1(6)7;/h2*5H,1-3H3;2*(H,6,7);/q;;;;+2/p-2. The van der Waals surface area contributed by atoms with Crippen LogP contribution in [0.25, 0.3) is 0 Å². The topological polar surface area (TPSA) is 139 Å². The molecule has 0 unspecified atom stereocenters. The molecule has 0 spiro atoms. The van der Waals surface area contributed by atoms with Crippen LogP contribution in [0.5, 0.6) is 0 Å². The van der Waals surface area contributed by atoms with E-state index in [0.29, 0.717) is 0 Å². The fourth-order valence-corrected chi connectivity index (χ4v) is 0.